The van der Waals surface area contributed by atoms with E-state index >= 15 is 0 Å². The minimum absolute atomic E-state index is 0.0663. The second kappa shape index (κ2) is 11.3. The molecule has 5 rings (SSSR count). The molecular formula is C29H34N4O4. The number of hydrogen-bond donors (Lipinski definition) is 4. The molecule has 2 aromatic carbocycles. The molecule has 1 aliphatic heterocycles. The van der Waals surface area contributed by atoms with Crippen molar-refractivity contribution < 1.29 is 19.7 Å². The molecule has 3 aromatic rings. The minimum atomic E-state index is -0.701. The van der Waals surface area contributed by atoms with Crippen molar-refractivity contribution in [1.29, 1.82) is 0 Å². The standard InChI is InChI=1S/C29H34N4O4/c1-19(35)28-30-12-13-33(28)26(18-34)11-4-20-2-5-21(6-3-20)22-7-9-23(10-8-22)24-14-25(15-24)31-16-27-17-32-29(36)37-27/h2-13,19,24-27,31,34-35H,14-18H2,1H3,(H,32,36)/b11-4+/t19?,24?,25?,26?,27-/m1/s1. The van der Waals surface area contributed by atoms with E-state index in [9.17, 15) is 15.0 Å². The Labute approximate surface area is 217 Å². The predicted octanol–water partition coefficient (Wildman–Crippen LogP) is 3.79. The maximum absolute atomic E-state index is 11.1. The molecule has 8 heteroatoms. The third-order valence-corrected chi connectivity index (χ3v) is 7.27. The van der Waals surface area contributed by atoms with E-state index < -0.39 is 6.10 Å². The SMILES string of the molecule is CC(O)c1nccn1C(/C=C/c1ccc(-c2ccc(C3CC(NC[C@@H]4CNC(=O)O4)C3)cc2)cc1)CO. The average molecular weight is 503 g/mol. The Kier molecular flexibility index (Phi) is 7.69. The molecule has 0 radical (unpaired) electrons. The Bertz CT molecular complexity index is 1210. The molecule has 2 fully saturated rings. The van der Waals surface area contributed by atoms with Gasteiger partial charge in [-0.1, -0.05) is 60.7 Å². The normalized spacial score (nSPS) is 22.9. The highest BCUT2D eigenvalue weighted by Gasteiger charge is 2.31. The molecule has 194 valence electrons. The molecule has 3 atom stereocenters. The van der Waals surface area contributed by atoms with Crippen LogP contribution in [0.5, 0.6) is 0 Å². The largest absolute Gasteiger partial charge is 0.443 e. The number of aliphatic hydroxyl groups excluding tert-OH is 2. The lowest BCUT2D eigenvalue weighted by atomic mass is 9.75. The summed E-state index contributed by atoms with van der Waals surface area (Å²) in [6.45, 7) is 2.87. The molecule has 2 heterocycles. The molecule has 0 spiro atoms. The van der Waals surface area contributed by atoms with Crippen LogP contribution >= 0.6 is 0 Å². The number of cyclic esters (lactones) is 1. The first kappa shape index (κ1) is 25.2. The van der Waals surface area contributed by atoms with Crippen LogP contribution in [0.1, 0.15) is 54.8 Å². The number of amides is 1. The number of nitrogens with one attached hydrogen (secondary N) is 2. The van der Waals surface area contributed by atoms with Crippen LogP contribution in [0.25, 0.3) is 17.2 Å². The fourth-order valence-corrected chi connectivity index (χ4v) is 5.03. The third kappa shape index (κ3) is 5.93. The number of aromatic nitrogens is 2. The van der Waals surface area contributed by atoms with Crippen molar-refractivity contribution in [3.05, 3.63) is 84.0 Å². The Balaban J connectivity index is 1.14. The minimum Gasteiger partial charge on any atom is -0.443 e. The van der Waals surface area contributed by atoms with Crippen LogP contribution < -0.4 is 10.6 Å². The van der Waals surface area contributed by atoms with Gasteiger partial charge in [0.25, 0.3) is 0 Å². The van der Waals surface area contributed by atoms with Gasteiger partial charge >= 0.3 is 6.09 Å². The van der Waals surface area contributed by atoms with Gasteiger partial charge in [-0.15, -0.1) is 0 Å². The van der Waals surface area contributed by atoms with E-state index in [1.807, 2.05) is 12.2 Å². The molecule has 1 amide bonds. The lowest BCUT2D eigenvalue weighted by Crippen LogP contribution is -2.44. The first-order valence-corrected chi connectivity index (χ1v) is 12.9. The summed E-state index contributed by atoms with van der Waals surface area (Å²) >= 11 is 0. The second-order valence-electron chi connectivity index (χ2n) is 9.90. The number of rotatable bonds is 10. The van der Waals surface area contributed by atoms with Gasteiger partial charge in [0.15, 0.2) is 0 Å². The molecule has 1 aliphatic carbocycles. The molecule has 8 nitrogen and oxygen atoms in total. The maximum Gasteiger partial charge on any atom is 0.407 e. The Morgan fingerprint density at radius 3 is 2.49 bits per heavy atom. The van der Waals surface area contributed by atoms with E-state index in [-0.39, 0.29) is 24.8 Å². The van der Waals surface area contributed by atoms with Gasteiger partial charge in [-0.05, 0) is 47.9 Å². The summed E-state index contributed by atoms with van der Waals surface area (Å²) in [5.41, 5.74) is 4.73. The topological polar surface area (TPSA) is 109 Å². The van der Waals surface area contributed by atoms with Gasteiger partial charge in [-0.2, -0.15) is 0 Å². The van der Waals surface area contributed by atoms with E-state index in [0.717, 1.165) is 24.0 Å². The van der Waals surface area contributed by atoms with Gasteiger partial charge in [0.2, 0.25) is 0 Å². The van der Waals surface area contributed by atoms with Gasteiger partial charge in [0.1, 0.15) is 18.0 Å². The quantitative estimate of drug-likeness (QED) is 0.336. The highest BCUT2D eigenvalue weighted by molar-refractivity contribution is 5.69. The molecule has 2 aliphatic rings. The number of carbonyl (C=O) groups is 1. The smallest absolute Gasteiger partial charge is 0.407 e. The van der Waals surface area contributed by atoms with Crippen molar-refractivity contribution >= 4 is 12.2 Å². The Morgan fingerprint density at radius 1 is 1.16 bits per heavy atom. The van der Waals surface area contributed by atoms with Gasteiger partial charge < -0.3 is 30.2 Å². The zero-order chi connectivity index (χ0) is 25.8. The van der Waals surface area contributed by atoms with Gasteiger partial charge in [0.05, 0.1) is 19.2 Å². The molecule has 2 unspecified atom stereocenters. The van der Waals surface area contributed by atoms with E-state index in [0.29, 0.717) is 30.9 Å². The second-order valence-corrected chi connectivity index (χ2v) is 9.90. The van der Waals surface area contributed by atoms with Crippen LogP contribution in [0.2, 0.25) is 0 Å². The van der Waals surface area contributed by atoms with Crippen molar-refractivity contribution in [3.63, 3.8) is 0 Å². The summed E-state index contributed by atoms with van der Waals surface area (Å²) in [6.07, 6.45) is 8.42. The fourth-order valence-electron chi connectivity index (χ4n) is 5.03. The number of imidazole rings is 1. The molecule has 4 N–H and O–H groups in total. The highest BCUT2D eigenvalue weighted by atomic mass is 16.6. The average Bonchev–Trinajstić information content (AvgIpc) is 3.54. The first-order valence-electron chi connectivity index (χ1n) is 12.9. The van der Waals surface area contributed by atoms with Crippen molar-refractivity contribution in [3.8, 4) is 11.1 Å². The molecule has 1 saturated heterocycles. The van der Waals surface area contributed by atoms with Crippen molar-refractivity contribution in [2.24, 2.45) is 0 Å². The number of nitrogens with zero attached hydrogens (tertiary/aromatic N) is 2. The van der Waals surface area contributed by atoms with Crippen LogP contribution in [0.4, 0.5) is 4.79 Å². The van der Waals surface area contributed by atoms with Crippen LogP contribution in [0, 0.1) is 0 Å². The maximum atomic E-state index is 11.1. The number of ether oxygens (including phenoxy) is 1. The van der Waals surface area contributed by atoms with E-state index in [1.54, 1.807) is 23.9 Å². The number of carbonyl (C=O) groups excluding carboxylic acids is 1. The number of benzene rings is 2. The molecule has 37 heavy (non-hydrogen) atoms. The summed E-state index contributed by atoms with van der Waals surface area (Å²) < 4.78 is 6.97. The Hall–Kier alpha value is -3.46. The van der Waals surface area contributed by atoms with Gasteiger partial charge in [-0.25, -0.2) is 9.78 Å². The first-order chi connectivity index (χ1) is 18.0. The zero-order valence-corrected chi connectivity index (χ0v) is 21.0. The molecule has 1 saturated carbocycles. The highest BCUT2D eigenvalue weighted by Crippen LogP contribution is 2.37. The molecular weight excluding hydrogens is 468 g/mol. The molecule has 0 bridgehead atoms. The van der Waals surface area contributed by atoms with Crippen molar-refractivity contribution in [1.82, 2.24) is 20.2 Å². The number of hydrogen-bond acceptors (Lipinski definition) is 6. The summed E-state index contributed by atoms with van der Waals surface area (Å²) in [6, 6.07) is 17.3. The van der Waals surface area contributed by atoms with Crippen molar-refractivity contribution in [2.45, 2.75) is 50.0 Å². The van der Waals surface area contributed by atoms with E-state index in [4.69, 9.17) is 4.74 Å². The van der Waals surface area contributed by atoms with E-state index in [1.165, 1.54) is 11.1 Å². The van der Waals surface area contributed by atoms with Crippen LogP contribution in [0.15, 0.2) is 67.0 Å². The van der Waals surface area contributed by atoms with Gasteiger partial charge in [-0.3, -0.25) is 0 Å². The summed E-state index contributed by atoms with van der Waals surface area (Å²) in [7, 11) is 0. The lowest BCUT2D eigenvalue weighted by molar-refractivity contribution is 0.133. The van der Waals surface area contributed by atoms with Crippen LogP contribution in [-0.4, -0.2) is 57.7 Å². The fraction of sp³-hybridized carbons (Fsp3) is 0.379. The van der Waals surface area contributed by atoms with E-state index in [2.05, 4.69) is 64.1 Å². The number of aliphatic hydroxyl groups is 2. The monoisotopic (exact) mass is 502 g/mol. The number of alkyl carbamates (subject to hydrolysis) is 1. The summed E-state index contributed by atoms with van der Waals surface area (Å²) in [5.74, 6) is 1.10. The molecule has 1 aromatic heterocycles. The van der Waals surface area contributed by atoms with Crippen LogP contribution in [-0.2, 0) is 4.74 Å². The van der Waals surface area contributed by atoms with Crippen LogP contribution in [0.3, 0.4) is 0 Å². The predicted molar refractivity (Wildman–Crippen MR) is 142 cm³/mol. The van der Waals surface area contributed by atoms with Crippen molar-refractivity contribution in [2.75, 3.05) is 19.7 Å². The lowest BCUT2D eigenvalue weighted by Gasteiger charge is -2.37. The third-order valence-electron chi connectivity index (χ3n) is 7.27. The van der Waals surface area contributed by atoms with Gasteiger partial charge in [0, 0.05) is 25.0 Å². The summed E-state index contributed by atoms with van der Waals surface area (Å²) in [4.78, 5) is 15.3. The zero-order valence-electron chi connectivity index (χ0n) is 21.0. The Morgan fingerprint density at radius 2 is 1.86 bits per heavy atom. The summed E-state index contributed by atoms with van der Waals surface area (Å²) in [5, 5.41) is 25.9.